The summed E-state index contributed by atoms with van der Waals surface area (Å²) in [7, 11) is 0. The van der Waals surface area contributed by atoms with Gasteiger partial charge in [0.25, 0.3) is 0 Å². The SMILES string of the molecule is Cc1cccc(C)c1CC(N)Cc1cccnc1. The third kappa shape index (κ3) is 3.17. The number of nitrogens with zero attached hydrogens (tertiary/aromatic N) is 1. The van der Waals surface area contributed by atoms with Gasteiger partial charge < -0.3 is 5.73 Å². The monoisotopic (exact) mass is 240 g/mol. The Balaban J connectivity index is 2.06. The van der Waals surface area contributed by atoms with E-state index in [1.54, 1.807) is 6.20 Å². The molecule has 0 amide bonds. The van der Waals surface area contributed by atoms with E-state index in [4.69, 9.17) is 5.73 Å². The first-order valence-corrected chi connectivity index (χ1v) is 6.36. The number of pyridine rings is 1. The van der Waals surface area contributed by atoms with E-state index in [-0.39, 0.29) is 6.04 Å². The lowest BCUT2D eigenvalue weighted by Gasteiger charge is -2.15. The smallest absolute Gasteiger partial charge is 0.0300 e. The summed E-state index contributed by atoms with van der Waals surface area (Å²) in [5.74, 6) is 0. The molecule has 0 radical (unpaired) electrons. The Morgan fingerprint density at radius 2 is 1.78 bits per heavy atom. The second kappa shape index (κ2) is 5.78. The Labute approximate surface area is 109 Å². The number of benzene rings is 1. The Hall–Kier alpha value is -1.67. The molecular formula is C16H20N2. The van der Waals surface area contributed by atoms with Crippen molar-refractivity contribution in [2.75, 3.05) is 0 Å². The van der Waals surface area contributed by atoms with E-state index >= 15 is 0 Å². The molecule has 1 atom stereocenters. The van der Waals surface area contributed by atoms with Crippen LogP contribution in [-0.4, -0.2) is 11.0 Å². The highest BCUT2D eigenvalue weighted by atomic mass is 14.6. The van der Waals surface area contributed by atoms with Gasteiger partial charge in [0.15, 0.2) is 0 Å². The molecule has 18 heavy (non-hydrogen) atoms. The van der Waals surface area contributed by atoms with Crippen molar-refractivity contribution in [1.29, 1.82) is 0 Å². The second-order valence-electron chi connectivity index (χ2n) is 4.90. The van der Waals surface area contributed by atoms with Crippen LogP contribution in [0.2, 0.25) is 0 Å². The molecule has 0 aliphatic rings. The second-order valence-corrected chi connectivity index (χ2v) is 4.90. The number of rotatable bonds is 4. The molecule has 2 nitrogen and oxygen atoms in total. The number of hydrogen-bond donors (Lipinski definition) is 1. The minimum Gasteiger partial charge on any atom is -0.327 e. The van der Waals surface area contributed by atoms with Crippen LogP contribution in [0.4, 0.5) is 0 Å². The Kier molecular flexibility index (Phi) is 4.11. The van der Waals surface area contributed by atoms with E-state index in [9.17, 15) is 0 Å². The zero-order valence-corrected chi connectivity index (χ0v) is 11.1. The number of aromatic nitrogens is 1. The van der Waals surface area contributed by atoms with Gasteiger partial charge in [0, 0.05) is 18.4 Å². The molecule has 1 aromatic heterocycles. The van der Waals surface area contributed by atoms with Crippen LogP contribution in [0.5, 0.6) is 0 Å². The van der Waals surface area contributed by atoms with Crippen LogP contribution in [0, 0.1) is 13.8 Å². The molecule has 2 N–H and O–H groups in total. The molecule has 2 heteroatoms. The van der Waals surface area contributed by atoms with Crippen molar-refractivity contribution in [2.24, 2.45) is 5.73 Å². The van der Waals surface area contributed by atoms with Gasteiger partial charge in [-0.15, -0.1) is 0 Å². The Bertz CT molecular complexity index is 486. The summed E-state index contributed by atoms with van der Waals surface area (Å²) in [6, 6.07) is 10.6. The molecule has 1 heterocycles. The zero-order valence-electron chi connectivity index (χ0n) is 11.1. The molecule has 94 valence electrons. The van der Waals surface area contributed by atoms with E-state index in [1.807, 2.05) is 12.3 Å². The standard InChI is InChI=1S/C16H20N2/c1-12-5-3-6-13(2)16(12)10-15(17)9-14-7-4-8-18-11-14/h3-8,11,15H,9-10,17H2,1-2H3. The van der Waals surface area contributed by atoms with Gasteiger partial charge in [-0.1, -0.05) is 24.3 Å². The highest BCUT2D eigenvalue weighted by molar-refractivity contribution is 5.34. The summed E-state index contributed by atoms with van der Waals surface area (Å²) < 4.78 is 0. The molecule has 1 aromatic carbocycles. The van der Waals surface area contributed by atoms with Gasteiger partial charge in [-0.3, -0.25) is 4.98 Å². The van der Waals surface area contributed by atoms with Crippen molar-refractivity contribution in [3.05, 3.63) is 65.0 Å². The summed E-state index contributed by atoms with van der Waals surface area (Å²) in [5, 5.41) is 0. The fourth-order valence-corrected chi connectivity index (χ4v) is 2.33. The third-order valence-corrected chi connectivity index (χ3v) is 3.33. The predicted molar refractivity (Wildman–Crippen MR) is 75.5 cm³/mol. The van der Waals surface area contributed by atoms with Gasteiger partial charge in [0.05, 0.1) is 0 Å². The lowest BCUT2D eigenvalue weighted by atomic mass is 9.94. The average Bonchev–Trinajstić information content (AvgIpc) is 2.35. The van der Waals surface area contributed by atoms with Crippen LogP contribution in [-0.2, 0) is 12.8 Å². The molecule has 0 saturated heterocycles. The van der Waals surface area contributed by atoms with Gasteiger partial charge in [0.2, 0.25) is 0 Å². The van der Waals surface area contributed by atoms with Crippen LogP contribution in [0.25, 0.3) is 0 Å². The highest BCUT2D eigenvalue weighted by Gasteiger charge is 2.09. The van der Waals surface area contributed by atoms with Crippen molar-refractivity contribution in [3.8, 4) is 0 Å². The Morgan fingerprint density at radius 3 is 2.39 bits per heavy atom. The maximum atomic E-state index is 6.25. The lowest BCUT2D eigenvalue weighted by Crippen LogP contribution is -2.26. The number of aryl methyl sites for hydroxylation is 2. The molecule has 0 saturated carbocycles. The van der Waals surface area contributed by atoms with Crippen LogP contribution in [0.3, 0.4) is 0 Å². The van der Waals surface area contributed by atoms with Crippen molar-refractivity contribution >= 4 is 0 Å². The van der Waals surface area contributed by atoms with Gasteiger partial charge in [-0.05, 0) is 55.0 Å². The number of hydrogen-bond acceptors (Lipinski definition) is 2. The molecule has 0 fully saturated rings. The summed E-state index contributed by atoms with van der Waals surface area (Å²) in [6.07, 6.45) is 5.49. The summed E-state index contributed by atoms with van der Waals surface area (Å²) >= 11 is 0. The molecule has 2 aromatic rings. The summed E-state index contributed by atoms with van der Waals surface area (Å²) in [6.45, 7) is 4.30. The molecule has 0 aliphatic carbocycles. The van der Waals surface area contributed by atoms with Crippen LogP contribution in [0.1, 0.15) is 22.3 Å². The normalized spacial score (nSPS) is 12.4. The first-order chi connectivity index (χ1) is 8.66. The maximum absolute atomic E-state index is 6.25. The average molecular weight is 240 g/mol. The van der Waals surface area contributed by atoms with E-state index < -0.39 is 0 Å². The fraction of sp³-hybridized carbons (Fsp3) is 0.312. The minimum atomic E-state index is 0.147. The first kappa shape index (κ1) is 12.8. The minimum absolute atomic E-state index is 0.147. The van der Waals surface area contributed by atoms with E-state index in [1.165, 1.54) is 22.3 Å². The van der Waals surface area contributed by atoms with Gasteiger partial charge in [0.1, 0.15) is 0 Å². The molecule has 0 spiro atoms. The summed E-state index contributed by atoms with van der Waals surface area (Å²) in [5.41, 5.74) is 11.5. The lowest BCUT2D eigenvalue weighted by molar-refractivity contribution is 0.659. The fourth-order valence-electron chi connectivity index (χ4n) is 2.33. The van der Waals surface area contributed by atoms with Crippen molar-refractivity contribution in [1.82, 2.24) is 4.98 Å². The van der Waals surface area contributed by atoms with Gasteiger partial charge in [-0.2, -0.15) is 0 Å². The molecule has 0 aliphatic heterocycles. The summed E-state index contributed by atoms with van der Waals surface area (Å²) in [4.78, 5) is 4.12. The van der Waals surface area contributed by atoms with Gasteiger partial charge in [-0.25, -0.2) is 0 Å². The highest BCUT2D eigenvalue weighted by Crippen LogP contribution is 2.16. The van der Waals surface area contributed by atoms with E-state index in [0.29, 0.717) is 0 Å². The van der Waals surface area contributed by atoms with Gasteiger partial charge >= 0.3 is 0 Å². The molecule has 1 unspecified atom stereocenters. The Morgan fingerprint density at radius 1 is 1.06 bits per heavy atom. The molecule has 2 rings (SSSR count). The van der Waals surface area contributed by atoms with E-state index in [0.717, 1.165) is 12.8 Å². The van der Waals surface area contributed by atoms with Crippen molar-refractivity contribution in [3.63, 3.8) is 0 Å². The topological polar surface area (TPSA) is 38.9 Å². The maximum Gasteiger partial charge on any atom is 0.0300 e. The largest absolute Gasteiger partial charge is 0.327 e. The van der Waals surface area contributed by atoms with Crippen molar-refractivity contribution < 1.29 is 0 Å². The van der Waals surface area contributed by atoms with Crippen LogP contribution < -0.4 is 5.73 Å². The van der Waals surface area contributed by atoms with Crippen LogP contribution in [0.15, 0.2) is 42.7 Å². The van der Waals surface area contributed by atoms with Crippen molar-refractivity contribution in [2.45, 2.75) is 32.7 Å². The van der Waals surface area contributed by atoms with E-state index in [2.05, 4.69) is 43.1 Å². The van der Waals surface area contributed by atoms with Crippen LogP contribution >= 0.6 is 0 Å². The molecular weight excluding hydrogens is 220 g/mol. The first-order valence-electron chi connectivity index (χ1n) is 6.36. The quantitative estimate of drug-likeness (QED) is 0.892. The zero-order chi connectivity index (χ0) is 13.0. The number of nitrogens with two attached hydrogens (primary N) is 1. The molecule has 0 bridgehead atoms. The third-order valence-electron chi connectivity index (χ3n) is 3.33. The predicted octanol–water partition coefficient (Wildman–Crippen LogP) is 2.81.